The van der Waals surface area contributed by atoms with Gasteiger partial charge in [-0.2, -0.15) is 0 Å². The van der Waals surface area contributed by atoms with Crippen molar-refractivity contribution < 1.29 is 8.63 Å². The smallest absolute Gasteiger partial charge is 0.250 e. The van der Waals surface area contributed by atoms with Crippen molar-refractivity contribution in [2.75, 3.05) is 0 Å². The van der Waals surface area contributed by atoms with Crippen molar-refractivity contribution in [1.82, 2.24) is 0 Å². The molecule has 2 rings (SSSR count). The molecule has 0 N–H and O–H groups in total. The lowest BCUT2D eigenvalue weighted by Crippen LogP contribution is -2.44. The topological polar surface area (TPSA) is 26.3 Å². The Bertz CT molecular complexity index is 682. The van der Waals surface area contributed by atoms with Crippen LogP contribution < -0.4 is 4.43 Å². The van der Waals surface area contributed by atoms with Crippen molar-refractivity contribution in [2.24, 2.45) is 0 Å². The van der Waals surface area contributed by atoms with Crippen LogP contribution in [-0.2, 0) is 17.2 Å². The summed E-state index contributed by atoms with van der Waals surface area (Å²) in [6, 6.07) is 0. The van der Waals surface area contributed by atoms with Crippen LogP contribution in [0.4, 0.5) is 0 Å². The van der Waals surface area contributed by atoms with Crippen LogP contribution in [0.2, 0.25) is 18.1 Å². The van der Waals surface area contributed by atoms with E-state index in [4.69, 9.17) is 4.43 Å². The Balaban J connectivity index is 2.63. The van der Waals surface area contributed by atoms with Crippen LogP contribution >= 0.6 is 0 Å². The second-order valence-corrected chi connectivity index (χ2v) is 15.9. The molecule has 0 saturated carbocycles. The van der Waals surface area contributed by atoms with Crippen LogP contribution in [0.15, 0.2) is 4.90 Å². The summed E-state index contributed by atoms with van der Waals surface area (Å²) in [6.07, 6.45) is 0.871. The molecule has 0 saturated heterocycles. The zero-order valence-electron chi connectivity index (χ0n) is 16.4. The van der Waals surface area contributed by atoms with Gasteiger partial charge in [-0.3, -0.25) is 4.21 Å². The first-order valence-corrected chi connectivity index (χ1v) is 12.5. The molecular formula is C19H32O2SSi. The Labute approximate surface area is 145 Å². The molecule has 1 aromatic rings. The van der Waals surface area contributed by atoms with Gasteiger partial charge in [-0.25, -0.2) is 0 Å². The van der Waals surface area contributed by atoms with E-state index in [2.05, 4.69) is 68.5 Å². The highest BCUT2D eigenvalue weighted by molar-refractivity contribution is 7.86. The van der Waals surface area contributed by atoms with Crippen molar-refractivity contribution in [3.63, 3.8) is 0 Å². The lowest BCUT2D eigenvalue weighted by atomic mass is 9.93. The molecule has 4 heteroatoms. The summed E-state index contributed by atoms with van der Waals surface area (Å²) in [7, 11) is -2.83. The van der Waals surface area contributed by atoms with Crippen LogP contribution in [0.3, 0.4) is 0 Å². The minimum absolute atomic E-state index is 0.168. The van der Waals surface area contributed by atoms with Crippen molar-refractivity contribution in [3.05, 3.63) is 22.3 Å². The van der Waals surface area contributed by atoms with Gasteiger partial charge in [0, 0.05) is 9.64 Å². The van der Waals surface area contributed by atoms with E-state index in [0.717, 1.165) is 28.2 Å². The molecule has 1 aromatic carbocycles. The minimum atomic E-state index is -1.89. The molecule has 1 heterocycles. The summed E-state index contributed by atoms with van der Waals surface area (Å²) in [5.74, 6) is 1.04. The minimum Gasteiger partial charge on any atom is -0.543 e. The standard InChI is InChI=1S/C19H32O2SSi/c1-12-13(2)17-15(11-19(7,8)22(17)20)14(3)16(12)21-23(9,10)18(4,5)6/h11H2,1-10H3. The average molecular weight is 353 g/mol. The second kappa shape index (κ2) is 5.45. The molecule has 130 valence electrons. The lowest BCUT2D eigenvalue weighted by molar-refractivity contribution is 0.484. The van der Waals surface area contributed by atoms with E-state index in [1.54, 1.807) is 0 Å². The fourth-order valence-corrected chi connectivity index (χ4v) is 5.78. The number of fused-ring (bicyclic) bond motifs is 1. The van der Waals surface area contributed by atoms with Gasteiger partial charge in [0.25, 0.3) is 8.32 Å². The van der Waals surface area contributed by atoms with Crippen LogP contribution in [0.25, 0.3) is 0 Å². The molecule has 0 aromatic heterocycles. The van der Waals surface area contributed by atoms with Gasteiger partial charge in [0.15, 0.2) is 0 Å². The predicted molar refractivity (Wildman–Crippen MR) is 103 cm³/mol. The average Bonchev–Trinajstić information content (AvgIpc) is 2.62. The van der Waals surface area contributed by atoms with Gasteiger partial charge in [0.2, 0.25) is 0 Å². The largest absolute Gasteiger partial charge is 0.543 e. The third-order valence-corrected chi connectivity index (χ3v) is 12.2. The first kappa shape index (κ1) is 18.7. The fourth-order valence-electron chi connectivity index (χ4n) is 2.95. The fraction of sp³-hybridized carbons (Fsp3) is 0.684. The van der Waals surface area contributed by atoms with Gasteiger partial charge in [-0.1, -0.05) is 20.8 Å². The molecule has 0 amide bonds. The van der Waals surface area contributed by atoms with E-state index in [0.29, 0.717) is 0 Å². The van der Waals surface area contributed by atoms with Crippen LogP contribution in [0, 0.1) is 20.8 Å². The van der Waals surface area contributed by atoms with Crippen LogP contribution in [-0.4, -0.2) is 17.3 Å². The summed E-state index contributed by atoms with van der Waals surface area (Å²) in [5.41, 5.74) is 4.78. The van der Waals surface area contributed by atoms with Crippen LogP contribution in [0.5, 0.6) is 5.75 Å². The molecule has 1 aliphatic rings. The maximum absolute atomic E-state index is 12.9. The second-order valence-electron chi connectivity index (χ2n) is 9.08. The van der Waals surface area contributed by atoms with E-state index in [9.17, 15) is 4.21 Å². The Morgan fingerprint density at radius 2 is 1.57 bits per heavy atom. The third-order valence-electron chi connectivity index (χ3n) is 5.76. The van der Waals surface area contributed by atoms with E-state index in [-0.39, 0.29) is 9.79 Å². The molecular weight excluding hydrogens is 320 g/mol. The Hall–Kier alpha value is -0.613. The van der Waals surface area contributed by atoms with Crippen LogP contribution in [0.1, 0.15) is 56.9 Å². The quantitative estimate of drug-likeness (QED) is 0.663. The number of benzene rings is 1. The Morgan fingerprint density at radius 1 is 1.04 bits per heavy atom. The maximum Gasteiger partial charge on any atom is 0.250 e. The molecule has 0 fully saturated rings. The highest BCUT2D eigenvalue weighted by Crippen LogP contribution is 2.46. The van der Waals surface area contributed by atoms with Gasteiger partial charge in [0.1, 0.15) is 5.75 Å². The molecule has 1 unspecified atom stereocenters. The van der Waals surface area contributed by atoms with E-state index in [1.165, 1.54) is 11.1 Å². The van der Waals surface area contributed by atoms with Gasteiger partial charge in [-0.15, -0.1) is 0 Å². The first-order chi connectivity index (χ1) is 10.2. The van der Waals surface area contributed by atoms with Gasteiger partial charge in [0.05, 0.1) is 10.8 Å². The number of rotatable bonds is 2. The molecule has 2 nitrogen and oxygen atoms in total. The molecule has 0 aliphatic carbocycles. The van der Waals surface area contributed by atoms with Gasteiger partial charge in [-0.05, 0) is 81.4 Å². The van der Waals surface area contributed by atoms with Gasteiger partial charge >= 0.3 is 0 Å². The van der Waals surface area contributed by atoms with Gasteiger partial charge < -0.3 is 4.43 Å². The van der Waals surface area contributed by atoms with Crippen molar-refractivity contribution in [1.29, 1.82) is 0 Å². The third kappa shape index (κ3) is 2.93. The Kier molecular flexibility index (Phi) is 4.44. The molecule has 23 heavy (non-hydrogen) atoms. The highest BCUT2D eigenvalue weighted by atomic mass is 32.2. The Morgan fingerprint density at radius 3 is 2.04 bits per heavy atom. The van der Waals surface area contributed by atoms with E-state index >= 15 is 0 Å². The zero-order valence-corrected chi connectivity index (χ0v) is 18.2. The zero-order chi connectivity index (χ0) is 18.0. The highest BCUT2D eigenvalue weighted by Gasteiger charge is 2.43. The number of hydrogen-bond acceptors (Lipinski definition) is 2. The SMILES string of the molecule is Cc1c(C)c2c(c(C)c1O[Si](C)(C)C(C)(C)C)CC(C)(C)S2=O. The van der Waals surface area contributed by atoms with Crippen molar-refractivity contribution in [2.45, 2.75) is 89.6 Å². The first-order valence-electron chi connectivity index (χ1n) is 8.44. The molecule has 1 aliphatic heterocycles. The summed E-state index contributed by atoms with van der Waals surface area (Å²) < 4.78 is 19.4. The van der Waals surface area contributed by atoms with E-state index in [1.807, 2.05) is 0 Å². The summed E-state index contributed by atoms with van der Waals surface area (Å²) in [4.78, 5) is 1.06. The molecule has 1 atom stereocenters. The molecule has 0 bridgehead atoms. The molecule has 0 spiro atoms. The monoisotopic (exact) mass is 352 g/mol. The summed E-state index contributed by atoms with van der Waals surface area (Å²) in [5, 5.41) is 0.168. The van der Waals surface area contributed by atoms with Crippen molar-refractivity contribution in [3.8, 4) is 5.75 Å². The summed E-state index contributed by atoms with van der Waals surface area (Å²) in [6.45, 7) is 21.9. The number of hydrogen-bond donors (Lipinski definition) is 0. The maximum atomic E-state index is 12.9. The van der Waals surface area contributed by atoms with Crippen molar-refractivity contribution >= 4 is 19.1 Å². The normalized spacial score (nSPS) is 20.5. The lowest BCUT2D eigenvalue weighted by Gasteiger charge is -2.38. The molecule has 0 radical (unpaired) electrons. The van der Waals surface area contributed by atoms with E-state index < -0.39 is 19.1 Å². The summed E-state index contributed by atoms with van der Waals surface area (Å²) >= 11 is 0. The predicted octanol–water partition coefficient (Wildman–Crippen LogP) is 5.44.